The average Bonchev–Trinajstić information content (AvgIpc) is 2.98. The summed E-state index contributed by atoms with van der Waals surface area (Å²) in [6.45, 7) is 7.40. The maximum Gasteiger partial charge on any atom is 0.133 e. The number of benzene rings is 1. The van der Waals surface area contributed by atoms with Crippen LogP contribution in [0.1, 0.15) is 37.5 Å². The quantitative estimate of drug-likeness (QED) is 0.891. The average molecular weight is 310 g/mol. The number of aryl methyl sites for hydroxylation is 2. The third kappa shape index (κ3) is 4.08. The molecule has 0 saturated heterocycles. The van der Waals surface area contributed by atoms with Gasteiger partial charge >= 0.3 is 0 Å². The van der Waals surface area contributed by atoms with Crippen LogP contribution in [0.15, 0.2) is 35.9 Å². The van der Waals surface area contributed by atoms with E-state index in [1.54, 1.807) is 0 Å². The topological polar surface area (TPSA) is 42.7 Å². The summed E-state index contributed by atoms with van der Waals surface area (Å²) in [5, 5.41) is 12.2. The van der Waals surface area contributed by atoms with Crippen molar-refractivity contribution < 1.29 is 0 Å². The Morgan fingerprint density at radius 1 is 1.30 bits per heavy atom. The summed E-state index contributed by atoms with van der Waals surface area (Å²) in [5.41, 5.74) is 2.64. The first-order valence-electron chi connectivity index (χ1n) is 8.60. The molecular formula is C19H26N4. The summed E-state index contributed by atoms with van der Waals surface area (Å²) in [6, 6.07) is 10.5. The van der Waals surface area contributed by atoms with Crippen molar-refractivity contribution in [1.29, 1.82) is 0 Å². The van der Waals surface area contributed by atoms with Gasteiger partial charge in [0.15, 0.2) is 0 Å². The normalized spacial score (nSPS) is 18.0. The predicted octanol–water partition coefficient (Wildman–Crippen LogP) is 3.10. The lowest BCUT2D eigenvalue weighted by atomic mass is 9.99. The van der Waals surface area contributed by atoms with E-state index in [9.17, 15) is 0 Å². The summed E-state index contributed by atoms with van der Waals surface area (Å²) in [6.07, 6.45) is 5.47. The molecule has 1 aromatic carbocycles. The standard InChI is InChI=1S/C19H26N4/c1-3-18-21-22-19-10-9-17(14-23(18)19)13-20-12-15(2)11-16-7-5-4-6-8-16/h4-8,11,17,20H,3,9-10,12-14H2,1-2H3/b15-11+/t17-/m1/s1. The van der Waals surface area contributed by atoms with Crippen LogP contribution >= 0.6 is 0 Å². The maximum atomic E-state index is 4.30. The van der Waals surface area contributed by atoms with Crippen molar-refractivity contribution in [2.24, 2.45) is 5.92 Å². The van der Waals surface area contributed by atoms with E-state index in [-0.39, 0.29) is 0 Å². The molecule has 3 rings (SSSR count). The van der Waals surface area contributed by atoms with Crippen molar-refractivity contribution in [1.82, 2.24) is 20.1 Å². The zero-order valence-corrected chi connectivity index (χ0v) is 14.1. The fourth-order valence-corrected chi connectivity index (χ4v) is 3.24. The predicted molar refractivity (Wildman–Crippen MR) is 94.2 cm³/mol. The third-order valence-corrected chi connectivity index (χ3v) is 4.49. The molecular weight excluding hydrogens is 284 g/mol. The lowest BCUT2D eigenvalue weighted by Crippen LogP contribution is -2.31. The van der Waals surface area contributed by atoms with Gasteiger partial charge in [0, 0.05) is 25.9 Å². The Labute approximate surface area is 138 Å². The van der Waals surface area contributed by atoms with Crippen LogP contribution in [0.3, 0.4) is 0 Å². The molecule has 2 heterocycles. The van der Waals surface area contributed by atoms with Crippen LogP contribution in [0.4, 0.5) is 0 Å². The number of hydrogen-bond acceptors (Lipinski definition) is 3. The first-order chi connectivity index (χ1) is 11.3. The highest BCUT2D eigenvalue weighted by Gasteiger charge is 2.21. The summed E-state index contributed by atoms with van der Waals surface area (Å²) >= 11 is 0. The third-order valence-electron chi connectivity index (χ3n) is 4.49. The first kappa shape index (κ1) is 15.9. The zero-order valence-electron chi connectivity index (χ0n) is 14.1. The van der Waals surface area contributed by atoms with Crippen LogP contribution in [0.25, 0.3) is 6.08 Å². The molecule has 1 aromatic heterocycles. The first-order valence-corrected chi connectivity index (χ1v) is 8.60. The summed E-state index contributed by atoms with van der Waals surface area (Å²) < 4.78 is 2.32. The number of aromatic nitrogens is 3. The van der Waals surface area contributed by atoms with Crippen molar-refractivity contribution in [3.8, 4) is 0 Å². The van der Waals surface area contributed by atoms with Gasteiger partial charge in [0.25, 0.3) is 0 Å². The van der Waals surface area contributed by atoms with Crippen LogP contribution < -0.4 is 5.32 Å². The fraction of sp³-hybridized carbons (Fsp3) is 0.474. The van der Waals surface area contributed by atoms with Crippen molar-refractivity contribution >= 4 is 6.08 Å². The monoisotopic (exact) mass is 310 g/mol. The van der Waals surface area contributed by atoms with Crippen molar-refractivity contribution in [2.45, 2.75) is 39.7 Å². The summed E-state index contributed by atoms with van der Waals surface area (Å²) in [4.78, 5) is 0. The molecule has 1 aliphatic heterocycles. The minimum absolute atomic E-state index is 0.674. The molecule has 4 nitrogen and oxygen atoms in total. The minimum atomic E-state index is 0.674. The Balaban J connectivity index is 1.49. The second-order valence-corrected chi connectivity index (χ2v) is 6.43. The molecule has 0 aliphatic carbocycles. The largest absolute Gasteiger partial charge is 0.315 e. The van der Waals surface area contributed by atoms with E-state index < -0.39 is 0 Å². The van der Waals surface area contributed by atoms with Crippen LogP contribution in [0, 0.1) is 5.92 Å². The van der Waals surface area contributed by atoms with E-state index in [1.165, 1.54) is 23.4 Å². The Morgan fingerprint density at radius 2 is 2.13 bits per heavy atom. The molecule has 0 unspecified atom stereocenters. The van der Waals surface area contributed by atoms with Crippen LogP contribution in [-0.4, -0.2) is 27.9 Å². The van der Waals surface area contributed by atoms with Gasteiger partial charge in [0.1, 0.15) is 11.6 Å². The zero-order chi connectivity index (χ0) is 16.1. The molecule has 4 heteroatoms. The van der Waals surface area contributed by atoms with E-state index >= 15 is 0 Å². The van der Waals surface area contributed by atoms with E-state index in [4.69, 9.17) is 0 Å². The molecule has 23 heavy (non-hydrogen) atoms. The minimum Gasteiger partial charge on any atom is -0.315 e. The van der Waals surface area contributed by atoms with Gasteiger partial charge in [-0.2, -0.15) is 0 Å². The molecule has 0 spiro atoms. The molecule has 2 aromatic rings. The SMILES string of the molecule is CCc1nnc2n1C[C@@H](CNC/C(C)=C/c1ccccc1)CC2. The molecule has 0 bridgehead atoms. The highest BCUT2D eigenvalue weighted by atomic mass is 15.3. The van der Waals surface area contributed by atoms with Crippen LogP contribution in [-0.2, 0) is 19.4 Å². The van der Waals surface area contributed by atoms with Gasteiger partial charge in [0.2, 0.25) is 0 Å². The lowest BCUT2D eigenvalue weighted by Gasteiger charge is -2.24. The molecule has 1 atom stereocenters. The molecule has 0 radical (unpaired) electrons. The van der Waals surface area contributed by atoms with Gasteiger partial charge in [-0.1, -0.05) is 48.9 Å². The van der Waals surface area contributed by atoms with E-state index in [0.29, 0.717) is 5.92 Å². The van der Waals surface area contributed by atoms with Gasteiger partial charge in [-0.3, -0.25) is 0 Å². The van der Waals surface area contributed by atoms with E-state index in [1.807, 2.05) is 0 Å². The maximum absolute atomic E-state index is 4.30. The molecule has 1 N–H and O–H groups in total. The number of rotatable bonds is 6. The molecule has 0 saturated carbocycles. The lowest BCUT2D eigenvalue weighted by molar-refractivity contribution is 0.346. The number of fused-ring (bicyclic) bond motifs is 1. The fourth-order valence-electron chi connectivity index (χ4n) is 3.24. The Kier molecular flexibility index (Phi) is 5.23. The Morgan fingerprint density at radius 3 is 2.91 bits per heavy atom. The summed E-state index contributed by atoms with van der Waals surface area (Å²) in [7, 11) is 0. The van der Waals surface area contributed by atoms with Crippen molar-refractivity contribution in [3.05, 3.63) is 53.1 Å². The molecule has 0 amide bonds. The van der Waals surface area contributed by atoms with Gasteiger partial charge in [-0.25, -0.2) is 0 Å². The highest BCUT2D eigenvalue weighted by molar-refractivity contribution is 5.52. The van der Waals surface area contributed by atoms with E-state index in [2.05, 4.69) is 70.3 Å². The smallest absolute Gasteiger partial charge is 0.133 e. The van der Waals surface area contributed by atoms with Crippen molar-refractivity contribution in [2.75, 3.05) is 13.1 Å². The summed E-state index contributed by atoms with van der Waals surface area (Å²) in [5.74, 6) is 2.97. The van der Waals surface area contributed by atoms with Gasteiger partial charge < -0.3 is 9.88 Å². The second-order valence-electron chi connectivity index (χ2n) is 6.43. The highest BCUT2D eigenvalue weighted by Crippen LogP contribution is 2.19. The number of nitrogens with one attached hydrogen (secondary N) is 1. The molecule has 0 fully saturated rings. The number of hydrogen-bond donors (Lipinski definition) is 1. The van der Waals surface area contributed by atoms with Crippen LogP contribution in [0.5, 0.6) is 0 Å². The number of nitrogens with zero attached hydrogens (tertiary/aromatic N) is 3. The Bertz CT molecular complexity index is 644. The van der Waals surface area contributed by atoms with Gasteiger partial charge in [-0.05, 0) is 31.4 Å². The van der Waals surface area contributed by atoms with E-state index in [0.717, 1.165) is 38.3 Å². The van der Waals surface area contributed by atoms with Crippen molar-refractivity contribution in [3.63, 3.8) is 0 Å². The second kappa shape index (κ2) is 7.55. The van der Waals surface area contributed by atoms with Gasteiger partial charge in [0.05, 0.1) is 0 Å². The van der Waals surface area contributed by atoms with Crippen LogP contribution in [0.2, 0.25) is 0 Å². The Hall–Kier alpha value is -1.94. The molecule has 1 aliphatic rings. The van der Waals surface area contributed by atoms with Gasteiger partial charge in [-0.15, -0.1) is 10.2 Å². The molecule has 122 valence electrons.